The maximum atomic E-state index is 13.1. The smallest absolute Gasteiger partial charge is 0.163 e. The van der Waals surface area contributed by atoms with Crippen LogP contribution in [-0.2, 0) is 14.3 Å². The van der Waals surface area contributed by atoms with Crippen molar-refractivity contribution in [2.45, 2.75) is 59.3 Å². The summed E-state index contributed by atoms with van der Waals surface area (Å²) in [6.45, 7) is 8.24. The molecule has 2 aliphatic carbocycles. The quantitative estimate of drug-likeness (QED) is 0.681. The molecule has 0 amide bonds. The minimum absolute atomic E-state index is 0.0182. The van der Waals surface area contributed by atoms with Crippen LogP contribution in [0.15, 0.2) is 40.9 Å². The molecule has 5 heteroatoms. The number of aromatic hydroxyl groups is 1. The highest BCUT2D eigenvalue weighted by Gasteiger charge is 2.47. The Morgan fingerprint density at radius 1 is 0.929 bits per heavy atom. The van der Waals surface area contributed by atoms with Crippen molar-refractivity contribution >= 4 is 23.2 Å². The minimum atomic E-state index is -0.482. The predicted octanol–water partition coefficient (Wildman–Crippen LogP) is 5.45. The maximum absolute atomic E-state index is 13.1. The molecule has 0 unspecified atom stereocenters. The van der Waals surface area contributed by atoms with Gasteiger partial charge >= 0.3 is 0 Å². The molecule has 0 saturated carbocycles. The van der Waals surface area contributed by atoms with Gasteiger partial charge in [-0.05, 0) is 28.5 Å². The third-order valence-electron chi connectivity index (χ3n) is 5.89. The number of hydrogen-bond acceptors (Lipinski definition) is 4. The van der Waals surface area contributed by atoms with Crippen LogP contribution in [0.4, 0.5) is 0 Å². The zero-order valence-electron chi connectivity index (χ0n) is 16.7. The SMILES string of the molecule is CC1(C)CC(=O)C2=C(C1)OC1=C(C(=O)CC(C)(C)C1)C2c1ccc(O)c(Cl)c1. The lowest BCUT2D eigenvalue weighted by Crippen LogP contribution is -2.37. The van der Waals surface area contributed by atoms with E-state index in [0.717, 1.165) is 5.56 Å². The lowest BCUT2D eigenvalue weighted by atomic mass is 9.65. The van der Waals surface area contributed by atoms with Gasteiger partial charge in [-0.25, -0.2) is 0 Å². The van der Waals surface area contributed by atoms with Gasteiger partial charge in [0.1, 0.15) is 17.3 Å². The Morgan fingerprint density at radius 2 is 1.43 bits per heavy atom. The van der Waals surface area contributed by atoms with E-state index in [4.69, 9.17) is 16.3 Å². The number of benzene rings is 1. The summed E-state index contributed by atoms with van der Waals surface area (Å²) in [5, 5.41) is 10.0. The summed E-state index contributed by atoms with van der Waals surface area (Å²) in [6.07, 6.45) is 2.14. The summed E-state index contributed by atoms with van der Waals surface area (Å²) >= 11 is 6.16. The van der Waals surface area contributed by atoms with Crippen molar-refractivity contribution < 1.29 is 19.4 Å². The van der Waals surface area contributed by atoms with Crippen LogP contribution in [0.3, 0.4) is 0 Å². The largest absolute Gasteiger partial charge is 0.506 e. The Morgan fingerprint density at radius 3 is 1.89 bits per heavy atom. The number of rotatable bonds is 1. The first-order valence-corrected chi connectivity index (χ1v) is 10.0. The van der Waals surface area contributed by atoms with Gasteiger partial charge < -0.3 is 9.84 Å². The summed E-state index contributed by atoms with van der Waals surface area (Å²) in [4.78, 5) is 26.3. The van der Waals surface area contributed by atoms with Gasteiger partial charge in [0.25, 0.3) is 0 Å². The summed E-state index contributed by atoms with van der Waals surface area (Å²) in [5.74, 6) is 0.894. The molecule has 1 N–H and O–H groups in total. The Balaban J connectivity index is 1.93. The van der Waals surface area contributed by atoms with Crippen LogP contribution < -0.4 is 0 Å². The van der Waals surface area contributed by atoms with E-state index in [2.05, 4.69) is 27.7 Å². The summed E-state index contributed by atoms with van der Waals surface area (Å²) in [6, 6.07) is 4.91. The van der Waals surface area contributed by atoms with Gasteiger partial charge in [0.05, 0.1) is 5.02 Å². The molecule has 0 aromatic heterocycles. The second kappa shape index (κ2) is 6.21. The van der Waals surface area contributed by atoms with E-state index in [0.29, 0.717) is 48.3 Å². The number of phenolic OH excluding ortho intramolecular Hbond substituents is 1. The molecule has 0 atom stereocenters. The van der Waals surface area contributed by atoms with E-state index in [1.165, 1.54) is 6.07 Å². The van der Waals surface area contributed by atoms with Crippen LogP contribution in [0.5, 0.6) is 5.75 Å². The summed E-state index contributed by atoms with van der Waals surface area (Å²) in [7, 11) is 0. The lowest BCUT2D eigenvalue weighted by molar-refractivity contribution is -0.120. The fourth-order valence-corrected chi connectivity index (χ4v) is 4.90. The molecule has 28 heavy (non-hydrogen) atoms. The molecular weight excluding hydrogens is 376 g/mol. The number of phenols is 1. The van der Waals surface area contributed by atoms with E-state index < -0.39 is 5.92 Å². The molecule has 0 saturated heterocycles. The summed E-state index contributed by atoms with van der Waals surface area (Å²) < 4.78 is 6.25. The van der Waals surface area contributed by atoms with Gasteiger partial charge in [0.2, 0.25) is 0 Å². The molecule has 0 radical (unpaired) electrons. The van der Waals surface area contributed by atoms with Gasteiger partial charge in [0.15, 0.2) is 11.6 Å². The van der Waals surface area contributed by atoms with Crippen molar-refractivity contribution in [3.8, 4) is 5.75 Å². The second-order valence-corrected chi connectivity index (χ2v) is 10.2. The number of ketones is 2. The van der Waals surface area contributed by atoms with Gasteiger partial charge in [-0.15, -0.1) is 0 Å². The minimum Gasteiger partial charge on any atom is -0.506 e. The highest BCUT2D eigenvalue weighted by atomic mass is 35.5. The molecule has 0 fully saturated rings. The number of halogens is 1. The molecule has 0 bridgehead atoms. The Bertz CT molecular complexity index is 913. The van der Waals surface area contributed by atoms with Crippen LogP contribution in [0, 0.1) is 10.8 Å². The number of carbonyl (C=O) groups is 2. The monoisotopic (exact) mass is 400 g/mol. The van der Waals surface area contributed by atoms with Crippen LogP contribution in [0.1, 0.15) is 64.9 Å². The molecule has 3 aliphatic rings. The standard InChI is InChI=1S/C23H25ClO4/c1-22(2)8-15(26)20-17(10-22)28-18-11-23(3,4)9-16(27)21(18)19(20)12-5-6-14(25)13(24)7-12/h5-7,19,25H,8-11H2,1-4H3. The summed E-state index contributed by atoms with van der Waals surface area (Å²) in [5.41, 5.74) is 1.53. The number of ether oxygens (including phenoxy) is 1. The number of hydrogen-bond donors (Lipinski definition) is 1. The molecule has 1 aromatic rings. The van der Waals surface area contributed by atoms with Crippen LogP contribution in [0.25, 0.3) is 0 Å². The molecular formula is C23H25ClO4. The van der Waals surface area contributed by atoms with Crippen molar-refractivity contribution in [1.82, 2.24) is 0 Å². The van der Waals surface area contributed by atoms with Gasteiger partial charge in [-0.2, -0.15) is 0 Å². The number of Topliss-reactive ketones (excluding diaryl/α,β-unsaturated/α-hetero) is 2. The third kappa shape index (κ3) is 3.18. The average molecular weight is 401 g/mol. The highest BCUT2D eigenvalue weighted by molar-refractivity contribution is 6.32. The molecule has 4 rings (SSSR count). The fraction of sp³-hybridized carbons (Fsp3) is 0.478. The van der Waals surface area contributed by atoms with E-state index in [9.17, 15) is 14.7 Å². The van der Waals surface area contributed by atoms with Crippen molar-refractivity contribution in [1.29, 1.82) is 0 Å². The number of carbonyl (C=O) groups excluding carboxylic acids is 2. The first-order valence-electron chi connectivity index (χ1n) is 9.66. The van der Waals surface area contributed by atoms with Crippen molar-refractivity contribution in [3.05, 3.63) is 51.4 Å². The third-order valence-corrected chi connectivity index (χ3v) is 6.19. The normalized spacial score (nSPS) is 24.0. The Hall–Kier alpha value is -2.07. The van der Waals surface area contributed by atoms with Gasteiger partial charge in [0, 0.05) is 42.7 Å². The predicted molar refractivity (Wildman–Crippen MR) is 107 cm³/mol. The zero-order valence-corrected chi connectivity index (χ0v) is 17.4. The van der Waals surface area contributed by atoms with Gasteiger partial charge in [-0.3, -0.25) is 9.59 Å². The molecule has 4 nitrogen and oxygen atoms in total. The Kier molecular flexibility index (Phi) is 4.27. The fourth-order valence-electron chi connectivity index (χ4n) is 4.71. The van der Waals surface area contributed by atoms with Crippen LogP contribution >= 0.6 is 11.6 Å². The zero-order chi connectivity index (χ0) is 20.4. The lowest BCUT2D eigenvalue weighted by Gasteiger charge is -2.42. The first-order chi connectivity index (χ1) is 13.0. The average Bonchev–Trinajstić information content (AvgIpc) is 2.53. The van der Waals surface area contributed by atoms with E-state index >= 15 is 0 Å². The molecule has 148 valence electrons. The van der Waals surface area contributed by atoms with E-state index in [1.807, 2.05) is 0 Å². The highest BCUT2D eigenvalue weighted by Crippen LogP contribution is 2.53. The van der Waals surface area contributed by atoms with E-state index in [-0.39, 0.29) is 33.2 Å². The van der Waals surface area contributed by atoms with Crippen LogP contribution in [0.2, 0.25) is 5.02 Å². The van der Waals surface area contributed by atoms with E-state index in [1.54, 1.807) is 12.1 Å². The van der Waals surface area contributed by atoms with Crippen molar-refractivity contribution in [2.24, 2.45) is 10.8 Å². The molecule has 1 heterocycles. The van der Waals surface area contributed by atoms with Gasteiger partial charge in [-0.1, -0.05) is 45.4 Å². The Labute approximate surface area is 170 Å². The van der Waals surface area contributed by atoms with Crippen molar-refractivity contribution in [2.75, 3.05) is 0 Å². The van der Waals surface area contributed by atoms with Crippen LogP contribution in [-0.4, -0.2) is 16.7 Å². The molecule has 0 spiro atoms. The number of allylic oxidation sites excluding steroid dienone is 4. The molecule has 1 aromatic carbocycles. The maximum Gasteiger partial charge on any atom is 0.163 e. The first kappa shape index (κ1) is 19.3. The molecule has 1 aliphatic heterocycles. The van der Waals surface area contributed by atoms with Crippen molar-refractivity contribution in [3.63, 3.8) is 0 Å². The topological polar surface area (TPSA) is 63.6 Å². The second-order valence-electron chi connectivity index (χ2n) is 9.80.